The van der Waals surface area contributed by atoms with Gasteiger partial charge < -0.3 is 11.1 Å². The summed E-state index contributed by atoms with van der Waals surface area (Å²) in [6.45, 7) is 4.05. The van der Waals surface area contributed by atoms with Crippen LogP contribution in [0.5, 0.6) is 0 Å². The normalized spacial score (nSPS) is 11.2. The van der Waals surface area contributed by atoms with Crippen molar-refractivity contribution in [2.75, 3.05) is 5.32 Å². The van der Waals surface area contributed by atoms with Crippen molar-refractivity contribution in [2.24, 2.45) is 11.1 Å². The van der Waals surface area contributed by atoms with Crippen LogP contribution in [0.3, 0.4) is 0 Å². The van der Waals surface area contributed by atoms with Crippen molar-refractivity contribution in [3.63, 3.8) is 0 Å². The lowest BCUT2D eigenvalue weighted by atomic mass is 9.78. The lowest BCUT2D eigenvalue weighted by Gasteiger charge is -2.30. The first kappa shape index (κ1) is 15.0. The fourth-order valence-electron chi connectivity index (χ4n) is 2.07. The Morgan fingerprint density at radius 1 is 1.50 bits per heavy atom. The maximum Gasteiger partial charge on any atom is 0.239 e. The second-order valence-electron chi connectivity index (χ2n) is 4.24. The second kappa shape index (κ2) is 6.80. The molecule has 0 aliphatic rings. The van der Waals surface area contributed by atoms with Gasteiger partial charge in [0.15, 0.2) is 5.13 Å². The molecule has 1 rings (SSSR count). The average molecular weight is 285 g/mol. The molecule has 0 saturated heterocycles. The Labute approximate surface area is 117 Å². The molecule has 1 aromatic rings. The number of nitrogens with zero attached hydrogens (tertiary/aromatic N) is 1. The SMILES string of the molecule is CCCC(CCC)(C(=O)Nc1nccs1)C(N)=S. The van der Waals surface area contributed by atoms with Gasteiger partial charge in [-0.1, -0.05) is 38.9 Å². The Kier molecular flexibility index (Phi) is 5.68. The Hall–Kier alpha value is -1.01. The predicted molar refractivity (Wildman–Crippen MR) is 79.8 cm³/mol. The number of carbonyl (C=O) groups excluding carboxylic acids is 1. The highest BCUT2D eigenvalue weighted by Gasteiger charge is 2.40. The van der Waals surface area contributed by atoms with Crippen molar-refractivity contribution >= 4 is 39.6 Å². The van der Waals surface area contributed by atoms with Crippen LogP contribution in [0.1, 0.15) is 39.5 Å². The van der Waals surface area contributed by atoms with Crippen molar-refractivity contribution < 1.29 is 4.79 Å². The number of aromatic nitrogens is 1. The average Bonchev–Trinajstić information content (AvgIpc) is 2.80. The van der Waals surface area contributed by atoms with E-state index in [4.69, 9.17) is 18.0 Å². The van der Waals surface area contributed by atoms with E-state index in [1.54, 1.807) is 6.20 Å². The summed E-state index contributed by atoms with van der Waals surface area (Å²) >= 11 is 6.52. The van der Waals surface area contributed by atoms with Crippen molar-refractivity contribution in [2.45, 2.75) is 39.5 Å². The summed E-state index contributed by atoms with van der Waals surface area (Å²) in [6, 6.07) is 0. The third kappa shape index (κ3) is 3.26. The smallest absolute Gasteiger partial charge is 0.239 e. The van der Waals surface area contributed by atoms with Crippen LogP contribution in [0.15, 0.2) is 11.6 Å². The Bertz CT molecular complexity index is 397. The summed E-state index contributed by atoms with van der Waals surface area (Å²) in [6.07, 6.45) is 4.73. The molecule has 0 saturated carbocycles. The number of anilines is 1. The standard InChI is InChI=1S/C12H19N3OS2/c1-3-5-12(6-4-2,9(13)17)10(16)15-11-14-7-8-18-11/h7-8H,3-6H2,1-2H3,(H2,13,17)(H,14,15,16). The Morgan fingerprint density at radius 2 is 2.11 bits per heavy atom. The van der Waals surface area contributed by atoms with Crippen LogP contribution in [0.2, 0.25) is 0 Å². The van der Waals surface area contributed by atoms with Gasteiger partial charge in [0.25, 0.3) is 0 Å². The van der Waals surface area contributed by atoms with Gasteiger partial charge in [-0.25, -0.2) is 4.98 Å². The number of nitrogens with one attached hydrogen (secondary N) is 1. The topological polar surface area (TPSA) is 68.0 Å². The molecule has 1 amide bonds. The molecule has 0 bridgehead atoms. The van der Waals surface area contributed by atoms with Crippen LogP contribution >= 0.6 is 23.6 Å². The zero-order chi connectivity index (χ0) is 13.6. The van der Waals surface area contributed by atoms with Crippen LogP contribution in [0, 0.1) is 5.41 Å². The summed E-state index contributed by atoms with van der Waals surface area (Å²) in [7, 11) is 0. The van der Waals surface area contributed by atoms with E-state index in [0.717, 1.165) is 12.8 Å². The molecule has 0 radical (unpaired) electrons. The van der Waals surface area contributed by atoms with Crippen molar-refractivity contribution in [1.82, 2.24) is 4.98 Å². The van der Waals surface area contributed by atoms with Crippen molar-refractivity contribution in [3.05, 3.63) is 11.6 Å². The number of nitrogens with two attached hydrogens (primary N) is 1. The van der Waals surface area contributed by atoms with E-state index >= 15 is 0 Å². The summed E-state index contributed by atoms with van der Waals surface area (Å²) < 4.78 is 0. The molecule has 0 aliphatic carbocycles. The van der Waals surface area contributed by atoms with Gasteiger partial charge >= 0.3 is 0 Å². The number of hydrogen-bond acceptors (Lipinski definition) is 4. The highest BCUT2D eigenvalue weighted by atomic mass is 32.1. The zero-order valence-corrected chi connectivity index (χ0v) is 12.4. The van der Waals surface area contributed by atoms with Crippen LogP contribution in [-0.2, 0) is 4.79 Å². The van der Waals surface area contributed by atoms with Gasteiger partial charge in [0.2, 0.25) is 5.91 Å². The van der Waals surface area contributed by atoms with Gasteiger partial charge in [-0.15, -0.1) is 11.3 Å². The number of hydrogen-bond donors (Lipinski definition) is 2. The van der Waals surface area contributed by atoms with Gasteiger partial charge in [-0.05, 0) is 12.8 Å². The first-order valence-electron chi connectivity index (χ1n) is 6.07. The molecule has 0 spiro atoms. The van der Waals surface area contributed by atoms with E-state index in [9.17, 15) is 4.79 Å². The summed E-state index contributed by atoms with van der Waals surface area (Å²) in [5.41, 5.74) is 5.08. The molecule has 0 aliphatic heterocycles. The highest BCUT2D eigenvalue weighted by molar-refractivity contribution is 7.80. The molecule has 18 heavy (non-hydrogen) atoms. The van der Waals surface area contributed by atoms with Gasteiger partial charge in [0.05, 0.1) is 10.4 Å². The van der Waals surface area contributed by atoms with Crippen LogP contribution < -0.4 is 11.1 Å². The minimum atomic E-state index is -0.746. The van der Waals surface area contributed by atoms with Gasteiger partial charge in [-0.3, -0.25) is 4.79 Å². The minimum Gasteiger partial charge on any atom is -0.392 e. The predicted octanol–water partition coefficient (Wildman–Crippen LogP) is 2.95. The molecular formula is C12H19N3OS2. The number of thiazole rings is 1. The van der Waals surface area contributed by atoms with E-state index in [1.807, 2.05) is 19.2 Å². The van der Waals surface area contributed by atoms with E-state index < -0.39 is 5.41 Å². The maximum absolute atomic E-state index is 12.4. The van der Waals surface area contributed by atoms with Crippen LogP contribution in [0.25, 0.3) is 0 Å². The van der Waals surface area contributed by atoms with Crippen molar-refractivity contribution in [3.8, 4) is 0 Å². The van der Waals surface area contributed by atoms with Gasteiger partial charge in [-0.2, -0.15) is 0 Å². The number of rotatable bonds is 7. The third-order valence-corrected chi connectivity index (χ3v) is 3.99. The quantitative estimate of drug-likeness (QED) is 0.756. The molecule has 0 atom stereocenters. The van der Waals surface area contributed by atoms with Crippen LogP contribution in [-0.4, -0.2) is 15.9 Å². The molecule has 0 fully saturated rings. The van der Waals surface area contributed by atoms with E-state index in [1.165, 1.54) is 11.3 Å². The molecule has 4 nitrogen and oxygen atoms in total. The summed E-state index contributed by atoms with van der Waals surface area (Å²) in [5.74, 6) is -0.131. The van der Waals surface area contributed by atoms with E-state index in [2.05, 4.69) is 10.3 Å². The van der Waals surface area contributed by atoms with E-state index in [-0.39, 0.29) is 10.9 Å². The fourth-order valence-corrected chi connectivity index (χ4v) is 2.89. The zero-order valence-electron chi connectivity index (χ0n) is 10.7. The number of carbonyl (C=O) groups is 1. The monoisotopic (exact) mass is 285 g/mol. The summed E-state index contributed by atoms with van der Waals surface area (Å²) in [4.78, 5) is 16.8. The Morgan fingerprint density at radius 3 is 2.50 bits per heavy atom. The molecule has 3 N–H and O–H groups in total. The van der Waals surface area contributed by atoms with E-state index in [0.29, 0.717) is 18.0 Å². The highest BCUT2D eigenvalue weighted by Crippen LogP contribution is 2.32. The molecule has 100 valence electrons. The summed E-state index contributed by atoms with van der Waals surface area (Å²) in [5, 5.41) is 5.22. The number of thiocarbonyl (C=S) groups is 1. The molecule has 0 aromatic carbocycles. The molecule has 1 heterocycles. The fraction of sp³-hybridized carbons (Fsp3) is 0.583. The van der Waals surface area contributed by atoms with Crippen molar-refractivity contribution in [1.29, 1.82) is 0 Å². The maximum atomic E-state index is 12.4. The van der Waals surface area contributed by atoms with Gasteiger partial charge in [0.1, 0.15) is 0 Å². The van der Waals surface area contributed by atoms with Gasteiger partial charge in [0, 0.05) is 11.6 Å². The number of amides is 1. The third-order valence-electron chi connectivity index (χ3n) is 2.91. The largest absolute Gasteiger partial charge is 0.392 e. The second-order valence-corrected chi connectivity index (χ2v) is 5.57. The first-order chi connectivity index (χ1) is 8.56. The molecule has 0 unspecified atom stereocenters. The Balaban J connectivity index is 2.93. The lowest BCUT2D eigenvalue weighted by Crippen LogP contribution is -2.46. The first-order valence-corrected chi connectivity index (χ1v) is 7.36. The molecule has 6 heteroatoms. The van der Waals surface area contributed by atoms with Crippen LogP contribution in [0.4, 0.5) is 5.13 Å². The molecular weight excluding hydrogens is 266 g/mol. The molecule has 1 aromatic heterocycles. The lowest BCUT2D eigenvalue weighted by molar-refractivity contribution is -0.122. The minimum absolute atomic E-state index is 0.131.